The van der Waals surface area contributed by atoms with Crippen LogP contribution < -0.4 is 10.6 Å². The quantitative estimate of drug-likeness (QED) is 0.622. The van der Waals surface area contributed by atoms with Crippen molar-refractivity contribution in [2.24, 2.45) is 0 Å². The molecule has 2 N–H and O–H groups in total. The van der Waals surface area contributed by atoms with Crippen LogP contribution in [0.15, 0.2) is 60.7 Å². The second-order valence-corrected chi connectivity index (χ2v) is 8.64. The van der Waals surface area contributed by atoms with E-state index < -0.39 is 17.8 Å². The lowest BCUT2D eigenvalue weighted by Gasteiger charge is -2.44. The monoisotopic (exact) mass is 450 g/mol. The molecule has 3 aliphatic rings. The molecule has 0 aromatic heterocycles. The van der Waals surface area contributed by atoms with Crippen LogP contribution in [0.5, 0.6) is 0 Å². The zero-order valence-electron chi connectivity index (χ0n) is 18.6. The number of morpholine rings is 1. The minimum Gasteiger partial charge on any atom is -0.434 e. The summed E-state index contributed by atoms with van der Waals surface area (Å²) in [4.78, 5) is 30.8. The summed E-state index contributed by atoms with van der Waals surface area (Å²) in [6.07, 6.45) is 0. The largest absolute Gasteiger partial charge is 0.434 e. The molecule has 3 saturated heterocycles. The molecule has 0 bridgehead atoms. The van der Waals surface area contributed by atoms with E-state index in [1.54, 1.807) is 0 Å². The van der Waals surface area contributed by atoms with Crippen LogP contribution in [0.1, 0.15) is 11.1 Å². The fourth-order valence-corrected chi connectivity index (χ4v) is 5.08. The van der Waals surface area contributed by atoms with Gasteiger partial charge in [-0.25, -0.2) is 4.90 Å². The summed E-state index contributed by atoms with van der Waals surface area (Å²) in [5, 5.41) is 6.37. The number of esters is 1. The summed E-state index contributed by atoms with van der Waals surface area (Å²) in [7, 11) is 0. The van der Waals surface area contributed by atoms with E-state index in [4.69, 9.17) is 9.47 Å². The number of amides is 1. The number of carbonyl (C=O) groups is 2. The number of benzene rings is 2. The van der Waals surface area contributed by atoms with Crippen LogP contribution in [0.25, 0.3) is 0 Å². The van der Waals surface area contributed by atoms with Gasteiger partial charge in [-0.05, 0) is 0 Å². The van der Waals surface area contributed by atoms with Crippen molar-refractivity contribution in [1.82, 2.24) is 20.4 Å². The van der Waals surface area contributed by atoms with Crippen molar-refractivity contribution in [3.05, 3.63) is 71.8 Å². The molecule has 2 aromatic rings. The van der Waals surface area contributed by atoms with Crippen molar-refractivity contribution in [2.75, 3.05) is 52.5 Å². The van der Waals surface area contributed by atoms with E-state index in [1.807, 2.05) is 65.6 Å². The highest BCUT2D eigenvalue weighted by Gasteiger charge is 2.60. The zero-order chi connectivity index (χ0) is 22.7. The summed E-state index contributed by atoms with van der Waals surface area (Å²) in [5.74, 6) is -0.420. The van der Waals surface area contributed by atoms with Gasteiger partial charge in [0.15, 0.2) is 0 Å². The number of carbonyl (C=O) groups excluding carboxylic acids is 2. The molecule has 0 radical (unpaired) electrons. The lowest BCUT2D eigenvalue weighted by molar-refractivity contribution is -0.153. The Bertz CT molecular complexity index is 925. The van der Waals surface area contributed by atoms with Crippen LogP contribution in [0.4, 0.5) is 0 Å². The van der Waals surface area contributed by atoms with Gasteiger partial charge in [0.25, 0.3) is 0 Å². The highest BCUT2D eigenvalue weighted by molar-refractivity contribution is 5.86. The van der Waals surface area contributed by atoms with E-state index in [2.05, 4.69) is 15.5 Å². The first-order valence-corrected chi connectivity index (χ1v) is 11.6. The number of piperazine rings is 1. The molecule has 3 heterocycles. The first kappa shape index (κ1) is 22.0. The molecule has 0 aliphatic carbocycles. The standard InChI is InChI=1S/C25H30N4O4/c30-23(27-11-12-28-13-15-32-16-14-28)21-17-26-18-22-24(31)33-25(29(21)22,19-7-3-1-4-8-19)20-9-5-2-6-10-20/h1-10,21-22,26H,11-18H2,(H,27,30). The van der Waals surface area contributed by atoms with Gasteiger partial charge in [0.05, 0.1) is 13.2 Å². The Balaban J connectivity index is 1.45. The molecule has 2 atom stereocenters. The molecular weight excluding hydrogens is 420 g/mol. The molecule has 0 saturated carbocycles. The summed E-state index contributed by atoms with van der Waals surface area (Å²) in [6, 6.07) is 18.3. The molecule has 8 heteroatoms. The molecule has 3 aliphatic heterocycles. The average Bonchev–Trinajstić information content (AvgIpc) is 3.19. The molecule has 0 spiro atoms. The molecule has 33 heavy (non-hydrogen) atoms. The van der Waals surface area contributed by atoms with Gasteiger partial charge in [-0.1, -0.05) is 60.7 Å². The number of fused-ring (bicyclic) bond motifs is 1. The van der Waals surface area contributed by atoms with Crippen LogP contribution in [0, 0.1) is 0 Å². The van der Waals surface area contributed by atoms with Crippen molar-refractivity contribution >= 4 is 11.9 Å². The van der Waals surface area contributed by atoms with Crippen LogP contribution in [-0.2, 0) is 24.8 Å². The van der Waals surface area contributed by atoms with Gasteiger partial charge in [0.2, 0.25) is 11.6 Å². The van der Waals surface area contributed by atoms with Gasteiger partial charge in [0, 0.05) is 50.4 Å². The van der Waals surface area contributed by atoms with Crippen molar-refractivity contribution in [1.29, 1.82) is 0 Å². The Hall–Kier alpha value is -2.78. The molecule has 3 fully saturated rings. The van der Waals surface area contributed by atoms with Crippen LogP contribution in [-0.4, -0.2) is 86.2 Å². The van der Waals surface area contributed by atoms with Crippen LogP contribution in [0.2, 0.25) is 0 Å². The number of rotatable bonds is 6. The van der Waals surface area contributed by atoms with Gasteiger partial charge in [-0.2, -0.15) is 0 Å². The number of ether oxygens (including phenoxy) is 2. The predicted octanol–water partition coefficient (Wildman–Crippen LogP) is 0.535. The van der Waals surface area contributed by atoms with E-state index in [9.17, 15) is 9.59 Å². The Morgan fingerprint density at radius 1 is 1.00 bits per heavy atom. The zero-order valence-corrected chi connectivity index (χ0v) is 18.6. The first-order valence-electron chi connectivity index (χ1n) is 11.6. The number of hydrogen-bond acceptors (Lipinski definition) is 7. The predicted molar refractivity (Wildman–Crippen MR) is 122 cm³/mol. The fraction of sp³-hybridized carbons (Fsp3) is 0.440. The maximum Gasteiger partial charge on any atom is 0.327 e. The van der Waals surface area contributed by atoms with E-state index in [0.29, 0.717) is 19.6 Å². The lowest BCUT2D eigenvalue weighted by atomic mass is 9.90. The van der Waals surface area contributed by atoms with E-state index in [-0.39, 0.29) is 11.9 Å². The molecule has 174 valence electrons. The summed E-state index contributed by atoms with van der Waals surface area (Å²) in [5.41, 5.74) is 0.513. The van der Waals surface area contributed by atoms with Crippen molar-refractivity contribution in [2.45, 2.75) is 17.8 Å². The number of hydrogen-bond donors (Lipinski definition) is 2. The SMILES string of the molecule is O=C(NCCN1CCOCC1)C1CNCC2C(=O)OC(c3ccccc3)(c3ccccc3)N12. The lowest BCUT2D eigenvalue weighted by Crippen LogP contribution is -2.66. The summed E-state index contributed by atoms with van der Waals surface area (Å²) >= 11 is 0. The Morgan fingerprint density at radius 3 is 2.27 bits per heavy atom. The average molecular weight is 451 g/mol. The Kier molecular flexibility index (Phi) is 6.41. The van der Waals surface area contributed by atoms with Gasteiger partial charge < -0.3 is 20.1 Å². The second kappa shape index (κ2) is 9.61. The molecule has 5 rings (SSSR count). The topological polar surface area (TPSA) is 83.1 Å². The summed E-state index contributed by atoms with van der Waals surface area (Å²) < 4.78 is 11.6. The van der Waals surface area contributed by atoms with Gasteiger partial charge in [0.1, 0.15) is 12.1 Å². The highest BCUT2D eigenvalue weighted by atomic mass is 16.6. The van der Waals surface area contributed by atoms with Crippen molar-refractivity contribution in [3.8, 4) is 0 Å². The third-order valence-corrected chi connectivity index (χ3v) is 6.69. The fourth-order valence-electron chi connectivity index (χ4n) is 5.08. The summed E-state index contributed by atoms with van der Waals surface area (Å²) in [6.45, 7) is 5.42. The third-order valence-electron chi connectivity index (χ3n) is 6.69. The maximum atomic E-state index is 13.4. The van der Waals surface area contributed by atoms with E-state index >= 15 is 0 Å². The van der Waals surface area contributed by atoms with Crippen LogP contribution in [0.3, 0.4) is 0 Å². The van der Waals surface area contributed by atoms with Gasteiger partial charge in [-0.3, -0.25) is 14.5 Å². The van der Waals surface area contributed by atoms with Crippen LogP contribution >= 0.6 is 0 Å². The minimum atomic E-state index is -1.15. The molecule has 2 unspecified atom stereocenters. The normalized spacial score (nSPS) is 25.3. The first-order chi connectivity index (χ1) is 16.2. The second-order valence-electron chi connectivity index (χ2n) is 8.64. The molecule has 2 aromatic carbocycles. The Morgan fingerprint density at radius 2 is 1.64 bits per heavy atom. The van der Waals surface area contributed by atoms with Crippen molar-refractivity contribution < 1.29 is 19.1 Å². The molecular formula is C25H30N4O4. The highest BCUT2D eigenvalue weighted by Crippen LogP contribution is 2.45. The van der Waals surface area contributed by atoms with E-state index in [0.717, 1.165) is 44.0 Å². The molecule has 8 nitrogen and oxygen atoms in total. The van der Waals surface area contributed by atoms with E-state index in [1.165, 1.54) is 0 Å². The number of nitrogens with zero attached hydrogens (tertiary/aromatic N) is 2. The molecule has 1 amide bonds. The maximum absolute atomic E-state index is 13.4. The minimum absolute atomic E-state index is 0.102. The smallest absolute Gasteiger partial charge is 0.327 e. The van der Waals surface area contributed by atoms with Crippen molar-refractivity contribution in [3.63, 3.8) is 0 Å². The van der Waals surface area contributed by atoms with Gasteiger partial charge >= 0.3 is 5.97 Å². The number of nitrogens with one attached hydrogen (secondary N) is 2. The number of cyclic esters (lactones) is 1. The van der Waals surface area contributed by atoms with Gasteiger partial charge in [-0.15, -0.1) is 0 Å². The third kappa shape index (κ3) is 4.15. The Labute approximate surface area is 193 Å².